The van der Waals surface area contributed by atoms with Crippen LogP contribution in [0, 0.1) is 10.1 Å². The second-order valence-electron chi connectivity index (χ2n) is 6.76. The van der Waals surface area contributed by atoms with Gasteiger partial charge in [-0.05, 0) is 37.7 Å². The van der Waals surface area contributed by atoms with E-state index < -0.39 is 4.92 Å². The molecule has 3 rings (SSSR count). The minimum Gasteiger partial charge on any atom is -0.419 e. The number of non-ortho nitro benzene ring substituents is 1. The molecule has 1 aromatic carbocycles. The number of anilines is 1. The Labute approximate surface area is 162 Å². The van der Waals surface area contributed by atoms with Crippen LogP contribution < -0.4 is 4.90 Å². The van der Waals surface area contributed by atoms with Crippen molar-refractivity contribution in [3.63, 3.8) is 0 Å². The number of pyridine rings is 1. The molecule has 0 amide bonds. The fourth-order valence-corrected chi connectivity index (χ4v) is 2.63. The summed E-state index contributed by atoms with van der Waals surface area (Å²) in [7, 11) is 5.88. The first kappa shape index (κ1) is 19.4. The second-order valence-corrected chi connectivity index (χ2v) is 6.76. The first-order valence-corrected chi connectivity index (χ1v) is 8.76. The molecule has 0 radical (unpaired) electrons. The summed E-state index contributed by atoms with van der Waals surface area (Å²) in [6.07, 6.45) is 1.86. The van der Waals surface area contributed by atoms with E-state index in [1.165, 1.54) is 12.1 Å². The molecule has 0 bridgehead atoms. The highest BCUT2D eigenvalue weighted by Gasteiger charge is 2.20. The number of aromatic nitrogens is 3. The summed E-state index contributed by atoms with van der Waals surface area (Å²) in [6, 6.07) is 9.95. The Balaban J connectivity index is 1.68. The van der Waals surface area contributed by atoms with Gasteiger partial charge in [-0.1, -0.05) is 6.07 Å². The highest BCUT2D eigenvalue weighted by atomic mass is 16.6. The number of hydrogen-bond donors (Lipinski definition) is 0. The molecular weight excluding hydrogens is 360 g/mol. The lowest BCUT2D eigenvalue weighted by atomic mass is 10.2. The monoisotopic (exact) mass is 382 g/mol. The standard InChI is InChI=1S/C19H22N6O3/c1-13(24(4)12-14-5-10-17(20-11-14)23(2)3)18-21-22-19(28-18)15-6-8-16(9-7-15)25(26)27/h5-11,13H,12H2,1-4H3. The molecular formula is C19H22N6O3. The molecule has 0 aliphatic rings. The molecule has 0 spiro atoms. The Hall–Kier alpha value is -3.33. The number of nitrogens with zero attached hydrogens (tertiary/aromatic N) is 6. The Morgan fingerprint density at radius 3 is 2.39 bits per heavy atom. The Bertz CT molecular complexity index is 937. The molecule has 2 heterocycles. The lowest BCUT2D eigenvalue weighted by molar-refractivity contribution is -0.384. The molecule has 1 unspecified atom stereocenters. The maximum absolute atomic E-state index is 10.8. The molecule has 0 fully saturated rings. The first-order valence-electron chi connectivity index (χ1n) is 8.76. The van der Waals surface area contributed by atoms with E-state index in [0.29, 0.717) is 23.9 Å². The van der Waals surface area contributed by atoms with Crippen LogP contribution in [0.25, 0.3) is 11.5 Å². The molecule has 9 nitrogen and oxygen atoms in total. The summed E-state index contributed by atoms with van der Waals surface area (Å²) in [6.45, 7) is 2.66. The van der Waals surface area contributed by atoms with Crippen LogP contribution in [0.15, 0.2) is 47.0 Å². The predicted octanol–water partition coefficient (Wildman–Crippen LogP) is 3.30. The van der Waals surface area contributed by atoms with Crippen LogP contribution in [-0.2, 0) is 6.54 Å². The predicted molar refractivity (Wildman–Crippen MR) is 105 cm³/mol. The molecule has 9 heteroatoms. The van der Waals surface area contributed by atoms with Gasteiger partial charge in [0.2, 0.25) is 11.8 Å². The molecule has 28 heavy (non-hydrogen) atoms. The fourth-order valence-electron chi connectivity index (χ4n) is 2.63. The van der Waals surface area contributed by atoms with Gasteiger partial charge >= 0.3 is 0 Å². The van der Waals surface area contributed by atoms with Gasteiger partial charge in [-0.3, -0.25) is 15.0 Å². The van der Waals surface area contributed by atoms with Crippen LogP contribution in [0.1, 0.15) is 24.4 Å². The van der Waals surface area contributed by atoms with Gasteiger partial charge in [-0.2, -0.15) is 0 Å². The third-order valence-corrected chi connectivity index (χ3v) is 4.48. The minimum absolute atomic E-state index is 0.0190. The van der Waals surface area contributed by atoms with Gasteiger partial charge in [-0.25, -0.2) is 4.98 Å². The summed E-state index contributed by atoms with van der Waals surface area (Å²) in [5.74, 6) is 1.72. The largest absolute Gasteiger partial charge is 0.419 e. The van der Waals surface area contributed by atoms with E-state index in [1.807, 2.05) is 51.3 Å². The lowest BCUT2D eigenvalue weighted by Gasteiger charge is -2.22. The number of benzene rings is 1. The molecule has 0 saturated heterocycles. The highest BCUT2D eigenvalue weighted by Crippen LogP contribution is 2.25. The van der Waals surface area contributed by atoms with Crippen LogP contribution in [0.5, 0.6) is 0 Å². The van der Waals surface area contributed by atoms with Crippen molar-refractivity contribution in [2.45, 2.75) is 19.5 Å². The van der Waals surface area contributed by atoms with Crippen molar-refractivity contribution in [2.24, 2.45) is 0 Å². The maximum Gasteiger partial charge on any atom is 0.269 e. The van der Waals surface area contributed by atoms with Crippen LogP contribution in [0.4, 0.5) is 11.5 Å². The summed E-state index contributed by atoms with van der Waals surface area (Å²) >= 11 is 0. The average Bonchev–Trinajstić information content (AvgIpc) is 3.18. The fraction of sp³-hybridized carbons (Fsp3) is 0.316. The quantitative estimate of drug-likeness (QED) is 0.453. The highest BCUT2D eigenvalue weighted by molar-refractivity contribution is 5.55. The van der Waals surface area contributed by atoms with Gasteiger partial charge in [0.1, 0.15) is 5.82 Å². The van der Waals surface area contributed by atoms with Crippen LogP contribution in [0.3, 0.4) is 0 Å². The topological polar surface area (TPSA) is 101 Å². The zero-order valence-electron chi connectivity index (χ0n) is 16.2. The molecule has 146 valence electrons. The second kappa shape index (κ2) is 8.13. The van der Waals surface area contributed by atoms with Gasteiger partial charge in [0.25, 0.3) is 5.69 Å². The van der Waals surface area contributed by atoms with Gasteiger partial charge in [0, 0.05) is 44.5 Å². The molecule has 3 aromatic rings. The summed E-state index contributed by atoms with van der Waals surface area (Å²) in [4.78, 5) is 18.8. The lowest BCUT2D eigenvalue weighted by Crippen LogP contribution is -2.22. The van der Waals surface area contributed by atoms with Gasteiger partial charge < -0.3 is 9.32 Å². The van der Waals surface area contributed by atoms with Gasteiger partial charge in [-0.15, -0.1) is 10.2 Å². The number of hydrogen-bond acceptors (Lipinski definition) is 8. The van der Waals surface area contributed by atoms with E-state index >= 15 is 0 Å². The van der Waals surface area contributed by atoms with Crippen molar-refractivity contribution in [1.29, 1.82) is 0 Å². The average molecular weight is 382 g/mol. The molecule has 1 atom stereocenters. The number of nitro benzene ring substituents is 1. The molecule has 0 saturated carbocycles. The molecule has 0 aliphatic heterocycles. The first-order chi connectivity index (χ1) is 13.3. The normalized spacial score (nSPS) is 12.2. The molecule has 0 N–H and O–H groups in total. The van der Waals surface area contributed by atoms with Crippen molar-refractivity contribution in [3.8, 4) is 11.5 Å². The third kappa shape index (κ3) is 4.32. The Morgan fingerprint density at radius 1 is 1.11 bits per heavy atom. The van der Waals surface area contributed by atoms with E-state index in [0.717, 1.165) is 11.4 Å². The van der Waals surface area contributed by atoms with Crippen molar-refractivity contribution < 1.29 is 9.34 Å². The van der Waals surface area contributed by atoms with E-state index in [2.05, 4.69) is 20.1 Å². The molecule has 0 aliphatic carbocycles. The van der Waals surface area contributed by atoms with Gasteiger partial charge in [0.15, 0.2) is 0 Å². The smallest absolute Gasteiger partial charge is 0.269 e. The van der Waals surface area contributed by atoms with E-state index in [1.54, 1.807) is 12.1 Å². The van der Waals surface area contributed by atoms with Crippen LogP contribution >= 0.6 is 0 Å². The van der Waals surface area contributed by atoms with Gasteiger partial charge in [0.05, 0.1) is 11.0 Å². The van der Waals surface area contributed by atoms with E-state index in [-0.39, 0.29) is 11.7 Å². The van der Waals surface area contributed by atoms with Crippen LogP contribution in [-0.4, -0.2) is 46.1 Å². The number of rotatable bonds is 7. The SMILES string of the molecule is CC(c1nnc(-c2ccc([N+](=O)[O-])cc2)o1)N(C)Cc1ccc(N(C)C)nc1. The van der Waals surface area contributed by atoms with Crippen LogP contribution in [0.2, 0.25) is 0 Å². The number of nitro groups is 1. The third-order valence-electron chi connectivity index (χ3n) is 4.48. The van der Waals surface area contributed by atoms with Crippen molar-refractivity contribution in [3.05, 3.63) is 64.2 Å². The summed E-state index contributed by atoms with van der Waals surface area (Å²) in [5, 5.41) is 19.0. The Kier molecular flexibility index (Phi) is 5.65. The summed E-state index contributed by atoms with van der Waals surface area (Å²) < 4.78 is 5.79. The van der Waals surface area contributed by atoms with E-state index in [4.69, 9.17) is 4.42 Å². The minimum atomic E-state index is -0.444. The van der Waals surface area contributed by atoms with Crippen molar-refractivity contribution in [1.82, 2.24) is 20.1 Å². The molecule has 2 aromatic heterocycles. The van der Waals surface area contributed by atoms with Crippen molar-refractivity contribution >= 4 is 11.5 Å². The van der Waals surface area contributed by atoms with Crippen molar-refractivity contribution in [2.75, 3.05) is 26.0 Å². The zero-order chi connectivity index (χ0) is 20.3. The summed E-state index contributed by atoms with van der Waals surface area (Å²) in [5.41, 5.74) is 1.74. The Morgan fingerprint density at radius 2 is 1.82 bits per heavy atom. The maximum atomic E-state index is 10.8. The van der Waals surface area contributed by atoms with E-state index in [9.17, 15) is 10.1 Å². The zero-order valence-corrected chi connectivity index (χ0v) is 16.2.